The number of thiocarbonyl (C=S) groups is 2. The zero-order chi connectivity index (χ0) is 24.9. The second-order valence-electron chi connectivity index (χ2n) is 8.24. The molecule has 35 heavy (non-hydrogen) atoms. The molecule has 0 fully saturated rings. The van der Waals surface area contributed by atoms with Gasteiger partial charge in [0, 0.05) is 6.42 Å². The van der Waals surface area contributed by atoms with E-state index < -0.39 is 0 Å². The van der Waals surface area contributed by atoms with Crippen LogP contribution in [-0.4, -0.2) is 20.6 Å². The first kappa shape index (κ1) is 24.4. The topological polar surface area (TPSA) is 46.9 Å². The van der Waals surface area contributed by atoms with Crippen molar-refractivity contribution in [2.45, 2.75) is 20.3 Å². The van der Waals surface area contributed by atoms with E-state index in [2.05, 4.69) is 0 Å². The van der Waals surface area contributed by atoms with Gasteiger partial charge >= 0.3 is 0 Å². The van der Waals surface area contributed by atoms with Crippen LogP contribution >= 0.6 is 24.4 Å². The van der Waals surface area contributed by atoms with Crippen molar-refractivity contribution < 1.29 is 10.2 Å². The van der Waals surface area contributed by atoms with Crippen LogP contribution in [0.15, 0.2) is 97.1 Å². The van der Waals surface area contributed by atoms with Crippen molar-refractivity contribution in [3.8, 4) is 0 Å². The van der Waals surface area contributed by atoms with Gasteiger partial charge in [-0.05, 0) is 84.8 Å². The molecular formula is C29H26N2O2S2. The highest BCUT2D eigenvalue weighted by Gasteiger charge is 2.22. The van der Waals surface area contributed by atoms with E-state index in [4.69, 9.17) is 24.4 Å². The summed E-state index contributed by atoms with van der Waals surface area (Å²) >= 11 is 10.5. The van der Waals surface area contributed by atoms with Gasteiger partial charge in [-0.15, -0.1) is 0 Å². The van der Waals surface area contributed by atoms with Crippen molar-refractivity contribution in [3.05, 3.63) is 119 Å². The Hall–Kier alpha value is -3.74. The third-order valence-electron chi connectivity index (χ3n) is 5.94. The lowest BCUT2D eigenvalue weighted by Crippen LogP contribution is -2.26. The summed E-state index contributed by atoms with van der Waals surface area (Å²) in [6.07, 6.45) is 0.530. The molecule has 0 radical (unpaired) electrons. The number of hydrogen-bond acceptors (Lipinski definition) is 2. The molecule has 0 unspecified atom stereocenters. The molecule has 6 heteroatoms. The second-order valence-corrected chi connectivity index (χ2v) is 8.97. The van der Waals surface area contributed by atoms with E-state index in [0.717, 1.165) is 45.0 Å². The zero-order valence-corrected chi connectivity index (χ0v) is 21.2. The highest BCUT2D eigenvalue weighted by molar-refractivity contribution is 7.80. The van der Waals surface area contributed by atoms with Crippen LogP contribution in [0.2, 0.25) is 0 Å². The van der Waals surface area contributed by atoms with E-state index in [1.54, 1.807) is 9.80 Å². The van der Waals surface area contributed by atoms with Gasteiger partial charge in [0.05, 0.1) is 22.7 Å². The summed E-state index contributed by atoms with van der Waals surface area (Å²) in [6.45, 7) is 3.97. The van der Waals surface area contributed by atoms with E-state index in [0.29, 0.717) is 6.42 Å². The van der Waals surface area contributed by atoms with Gasteiger partial charge in [0.2, 0.25) is 0 Å². The van der Waals surface area contributed by atoms with E-state index in [1.807, 2.05) is 111 Å². The maximum Gasteiger partial charge on any atom is 0.266 e. The number of nitrogens with zero attached hydrogens (tertiary/aromatic N) is 2. The van der Waals surface area contributed by atoms with Crippen molar-refractivity contribution in [1.82, 2.24) is 0 Å². The maximum absolute atomic E-state index is 10.5. The number of hydrogen-bond donors (Lipinski definition) is 2. The highest BCUT2D eigenvalue weighted by atomic mass is 32.1. The van der Waals surface area contributed by atoms with E-state index in [9.17, 15) is 10.2 Å². The smallest absolute Gasteiger partial charge is 0.266 e. The lowest BCUT2D eigenvalue weighted by molar-refractivity contribution is 0.557. The highest BCUT2D eigenvalue weighted by Crippen LogP contribution is 2.36. The average Bonchev–Trinajstić information content (AvgIpc) is 2.83. The summed E-state index contributed by atoms with van der Waals surface area (Å²) in [6, 6.07) is 31.3. The normalized spacial score (nSPS) is 10.6. The van der Waals surface area contributed by atoms with Gasteiger partial charge in [0.15, 0.2) is 0 Å². The molecule has 0 saturated heterocycles. The van der Waals surface area contributed by atoms with Crippen molar-refractivity contribution in [1.29, 1.82) is 0 Å². The van der Waals surface area contributed by atoms with Gasteiger partial charge in [0.25, 0.3) is 10.3 Å². The fraction of sp³-hybridized carbons (Fsp3) is 0.103. The van der Waals surface area contributed by atoms with Gasteiger partial charge in [-0.1, -0.05) is 72.8 Å². The molecule has 0 aliphatic heterocycles. The minimum Gasteiger partial charge on any atom is -0.486 e. The largest absolute Gasteiger partial charge is 0.486 e. The van der Waals surface area contributed by atoms with Crippen LogP contribution in [0.1, 0.15) is 22.3 Å². The molecule has 0 aromatic heterocycles. The quantitative estimate of drug-likeness (QED) is 0.264. The Morgan fingerprint density at radius 2 is 0.857 bits per heavy atom. The summed E-state index contributed by atoms with van der Waals surface area (Å²) in [4.78, 5) is 3.39. The summed E-state index contributed by atoms with van der Waals surface area (Å²) in [5, 5.41) is 20.6. The summed E-state index contributed by atoms with van der Waals surface area (Å²) < 4.78 is 0. The Bertz CT molecular complexity index is 1280. The monoisotopic (exact) mass is 498 g/mol. The predicted octanol–water partition coefficient (Wildman–Crippen LogP) is 7.86. The molecule has 4 aromatic rings. The number of para-hydroxylation sites is 4. The van der Waals surface area contributed by atoms with Gasteiger partial charge < -0.3 is 10.2 Å². The van der Waals surface area contributed by atoms with Crippen molar-refractivity contribution in [2.75, 3.05) is 9.80 Å². The maximum atomic E-state index is 10.5. The molecule has 176 valence electrons. The van der Waals surface area contributed by atoms with Crippen LogP contribution in [0.5, 0.6) is 0 Å². The molecular weight excluding hydrogens is 472 g/mol. The van der Waals surface area contributed by atoms with Crippen molar-refractivity contribution in [2.24, 2.45) is 0 Å². The zero-order valence-electron chi connectivity index (χ0n) is 19.6. The Labute approximate surface area is 216 Å². The molecule has 0 bridgehead atoms. The molecule has 0 heterocycles. The number of aliphatic hydroxyl groups excluding tert-OH is 2. The summed E-state index contributed by atoms with van der Waals surface area (Å²) in [5.41, 5.74) is 7.14. The number of aryl methyl sites for hydroxylation is 2. The van der Waals surface area contributed by atoms with Gasteiger partial charge in [0.1, 0.15) is 0 Å². The van der Waals surface area contributed by atoms with Crippen molar-refractivity contribution in [3.63, 3.8) is 0 Å². The minimum absolute atomic E-state index is 0.224. The van der Waals surface area contributed by atoms with Crippen LogP contribution in [0, 0.1) is 13.8 Å². The second kappa shape index (κ2) is 10.7. The molecule has 2 N–H and O–H groups in total. The first-order valence-electron chi connectivity index (χ1n) is 11.2. The van der Waals surface area contributed by atoms with Crippen molar-refractivity contribution >= 4 is 57.5 Å². The lowest BCUT2D eigenvalue weighted by atomic mass is 9.99. The molecule has 0 spiro atoms. The Kier molecular flexibility index (Phi) is 7.44. The van der Waals surface area contributed by atoms with E-state index in [1.165, 1.54) is 0 Å². The SMILES string of the molecule is Cc1ccccc1N(C(O)=S)c1ccccc1Cc1ccccc1N(C(O)=S)c1ccccc1C. The van der Waals surface area contributed by atoms with Crippen LogP contribution in [0.3, 0.4) is 0 Å². The first-order valence-corrected chi connectivity index (χ1v) is 12.0. The summed E-state index contributed by atoms with van der Waals surface area (Å²) in [7, 11) is 0. The van der Waals surface area contributed by atoms with Crippen LogP contribution < -0.4 is 9.80 Å². The van der Waals surface area contributed by atoms with Gasteiger partial charge in [-0.2, -0.15) is 0 Å². The molecule has 0 amide bonds. The lowest BCUT2D eigenvalue weighted by Gasteiger charge is -2.28. The number of benzene rings is 4. The molecule has 4 rings (SSSR count). The Morgan fingerprint density at radius 1 is 0.543 bits per heavy atom. The first-order chi connectivity index (χ1) is 16.9. The molecule has 0 aliphatic carbocycles. The third-order valence-corrected chi connectivity index (χ3v) is 6.31. The third kappa shape index (κ3) is 5.19. The number of anilines is 4. The number of rotatable bonds is 6. The molecule has 4 nitrogen and oxygen atoms in total. The molecule has 0 aliphatic rings. The fourth-order valence-electron chi connectivity index (χ4n) is 4.26. The molecule has 4 aromatic carbocycles. The summed E-state index contributed by atoms with van der Waals surface area (Å²) in [5.74, 6) is 0. The van der Waals surface area contributed by atoms with Crippen LogP contribution in [0.4, 0.5) is 22.7 Å². The van der Waals surface area contributed by atoms with E-state index in [-0.39, 0.29) is 10.3 Å². The Morgan fingerprint density at radius 3 is 1.20 bits per heavy atom. The molecule has 0 saturated carbocycles. The average molecular weight is 499 g/mol. The van der Waals surface area contributed by atoms with Gasteiger partial charge in [-0.3, -0.25) is 9.80 Å². The minimum atomic E-state index is -0.224. The van der Waals surface area contributed by atoms with Crippen LogP contribution in [0.25, 0.3) is 0 Å². The number of aliphatic hydroxyl groups is 2. The van der Waals surface area contributed by atoms with Crippen LogP contribution in [-0.2, 0) is 6.42 Å². The fourth-order valence-corrected chi connectivity index (χ4v) is 4.66. The Balaban J connectivity index is 1.81. The predicted molar refractivity (Wildman–Crippen MR) is 153 cm³/mol. The van der Waals surface area contributed by atoms with Gasteiger partial charge in [-0.25, -0.2) is 0 Å². The molecule has 0 atom stereocenters. The van der Waals surface area contributed by atoms with E-state index >= 15 is 0 Å². The standard InChI is InChI=1S/C29H26N2O2S2/c1-20-11-3-7-15-24(20)30(28(32)34)26-17-9-5-13-22(26)19-23-14-6-10-18-27(23)31(29(33)35)25-16-8-4-12-21(25)2/h3-18H,19H2,1-2H3,(H,32,34)(H,33,35).